The molecule has 2 aromatic rings. The van der Waals surface area contributed by atoms with Crippen LogP contribution in [0.4, 0.5) is 13.2 Å². The second kappa shape index (κ2) is 10.1. The molecule has 1 aromatic heterocycles. The minimum Gasteiger partial charge on any atom is -0.398 e. The van der Waals surface area contributed by atoms with Gasteiger partial charge in [-0.25, -0.2) is 0 Å². The molecule has 0 atom stereocenters. The zero-order valence-corrected chi connectivity index (χ0v) is 17.8. The summed E-state index contributed by atoms with van der Waals surface area (Å²) in [5.41, 5.74) is 1.64. The van der Waals surface area contributed by atoms with Gasteiger partial charge in [-0.1, -0.05) is 28.5 Å². The van der Waals surface area contributed by atoms with Gasteiger partial charge in [0.05, 0.1) is 11.3 Å². The smallest absolute Gasteiger partial charge is 0.398 e. The number of aromatic nitrogens is 1. The highest BCUT2D eigenvalue weighted by Gasteiger charge is 2.31. The Kier molecular flexibility index (Phi) is 7.73. The number of oxime groups is 2. The van der Waals surface area contributed by atoms with Gasteiger partial charge in [-0.15, -0.1) is 0 Å². The van der Waals surface area contributed by atoms with Crippen LogP contribution in [-0.2, 0) is 27.3 Å². The fraction of sp³-hybridized carbons (Fsp3) is 0.333. The number of carbonyl (C=O) groups excluding carboxylic acids is 1. The van der Waals surface area contributed by atoms with Crippen molar-refractivity contribution < 1.29 is 27.6 Å². The minimum atomic E-state index is -4.49. The summed E-state index contributed by atoms with van der Waals surface area (Å²) in [6.45, 7) is 4.76. The number of pyridine rings is 1. The van der Waals surface area contributed by atoms with E-state index < -0.39 is 17.6 Å². The molecule has 2 rings (SSSR count). The van der Waals surface area contributed by atoms with E-state index in [4.69, 9.17) is 9.68 Å². The average Bonchev–Trinajstić information content (AvgIpc) is 2.71. The molecule has 0 spiro atoms. The molecule has 0 aliphatic rings. The number of nitrogens with one attached hydrogen (secondary N) is 1. The Morgan fingerprint density at radius 3 is 2.52 bits per heavy atom. The van der Waals surface area contributed by atoms with E-state index in [1.54, 1.807) is 12.1 Å². The van der Waals surface area contributed by atoms with Gasteiger partial charge in [-0.05, 0) is 38.5 Å². The molecular weight excluding hydrogens is 413 g/mol. The lowest BCUT2D eigenvalue weighted by molar-refractivity contribution is -0.137. The molecule has 1 N–H and O–H groups in total. The van der Waals surface area contributed by atoms with Crippen molar-refractivity contribution in [2.75, 3.05) is 14.2 Å². The Bertz CT molecular complexity index is 1020. The molecule has 1 amide bonds. The summed E-state index contributed by atoms with van der Waals surface area (Å²) in [4.78, 5) is 26.5. The van der Waals surface area contributed by atoms with Gasteiger partial charge < -0.3 is 15.0 Å². The maximum atomic E-state index is 13.1. The van der Waals surface area contributed by atoms with Gasteiger partial charge >= 0.3 is 6.18 Å². The maximum Gasteiger partial charge on any atom is 0.416 e. The van der Waals surface area contributed by atoms with Crippen LogP contribution in [0.1, 0.15) is 40.6 Å². The number of rotatable bonds is 7. The fourth-order valence-electron chi connectivity index (χ4n) is 2.80. The minimum absolute atomic E-state index is 0.0446. The largest absolute Gasteiger partial charge is 0.416 e. The Morgan fingerprint density at radius 2 is 1.90 bits per heavy atom. The zero-order chi connectivity index (χ0) is 23.2. The third kappa shape index (κ3) is 6.03. The molecule has 0 saturated carbocycles. The first-order valence-electron chi connectivity index (χ1n) is 9.23. The van der Waals surface area contributed by atoms with E-state index in [2.05, 4.69) is 20.6 Å². The van der Waals surface area contributed by atoms with Crippen molar-refractivity contribution >= 4 is 17.3 Å². The van der Waals surface area contributed by atoms with Gasteiger partial charge in [-0.3, -0.25) is 9.78 Å². The second-order valence-electron chi connectivity index (χ2n) is 6.63. The predicted molar refractivity (Wildman–Crippen MR) is 110 cm³/mol. The molecule has 31 heavy (non-hydrogen) atoms. The van der Waals surface area contributed by atoms with E-state index in [9.17, 15) is 18.0 Å². The summed E-state index contributed by atoms with van der Waals surface area (Å²) in [6, 6.07) is 7.15. The molecule has 1 aromatic carbocycles. The molecule has 0 aliphatic carbocycles. The summed E-state index contributed by atoms with van der Waals surface area (Å²) in [5.74, 6) is -0.447. The fourth-order valence-corrected chi connectivity index (χ4v) is 2.80. The van der Waals surface area contributed by atoms with Gasteiger partial charge in [0.1, 0.15) is 19.4 Å². The van der Waals surface area contributed by atoms with Crippen LogP contribution in [0.15, 0.2) is 40.6 Å². The first-order chi connectivity index (χ1) is 14.6. The lowest BCUT2D eigenvalue weighted by Gasteiger charge is -2.13. The quantitative estimate of drug-likeness (QED) is 0.529. The number of hydrogen-bond acceptors (Lipinski definition) is 6. The normalized spacial score (nSPS) is 12.5. The summed E-state index contributed by atoms with van der Waals surface area (Å²) < 4.78 is 39.2. The lowest BCUT2D eigenvalue weighted by atomic mass is 9.98. The molecule has 7 nitrogen and oxygen atoms in total. The van der Waals surface area contributed by atoms with E-state index in [1.807, 2.05) is 13.0 Å². The first kappa shape index (κ1) is 23.8. The van der Waals surface area contributed by atoms with Gasteiger partial charge in [0, 0.05) is 23.9 Å². The SMILES string of the molecule is CNC(=O)/C(=N/OC)c1cccc(C)c1CO/N=C(\C)c1cc(C(F)(F)F)cc(C)n1. The summed E-state index contributed by atoms with van der Waals surface area (Å²) >= 11 is 0. The highest BCUT2D eigenvalue weighted by molar-refractivity contribution is 6.45. The Hall–Kier alpha value is -3.43. The molecule has 0 unspecified atom stereocenters. The van der Waals surface area contributed by atoms with Crippen LogP contribution in [0.2, 0.25) is 0 Å². The van der Waals surface area contributed by atoms with Crippen LogP contribution in [-0.4, -0.2) is 36.5 Å². The highest BCUT2D eigenvalue weighted by Crippen LogP contribution is 2.30. The van der Waals surface area contributed by atoms with Gasteiger partial charge in [0.15, 0.2) is 5.71 Å². The summed E-state index contributed by atoms with van der Waals surface area (Å²) in [7, 11) is 2.80. The summed E-state index contributed by atoms with van der Waals surface area (Å²) in [5, 5.41) is 10.2. The molecule has 10 heteroatoms. The molecule has 166 valence electrons. The van der Waals surface area contributed by atoms with E-state index in [0.29, 0.717) is 11.1 Å². The van der Waals surface area contributed by atoms with Crippen molar-refractivity contribution in [2.45, 2.75) is 33.6 Å². The van der Waals surface area contributed by atoms with Crippen molar-refractivity contribution in [3.05, 3.63) is 64.0 Å². The second-order valence-corrected chi connectivity index (χ2v) is 6.63. The number of amides is 1. The van der Waals surface area contributed by atoms with Gasteiger partial charge in [0.25, 0.3) is 5.91 Å². The van der Waals surface area contributed by atoms with E-state index in [0.717, 1.165) is 17.7 Å². The van der Waals surface area contributed by atoms with E-state index >= 15 is 0 Å². The van der Waals surface area contributed by atoms with Crippen LogP contribution in [0.5, 0.6) is 0 Å². The lowest BCUT2D eigenvalue weighted by Crippen LogP contribution is -2.29. The predicted octanol–water partition coefficient (Wildman–Crippen LogP) is 3.75. The number of likely N-dealkylation sites (N-methyl/N-ethyl adjacent to an activating group) is 1. The number of benzene rings is 1. The number of aryl methyl sites for hydroxylation is 2. The van der Waals surface area contributed by atoms with E-state index in [-0.39, 0.29) is 29.4 Å². The zero-order valence-electron chi connectivity index (χ0n) is 17.8. The van der Waals surface area contributed by atoms with Crippen molar-refractivity contribution in [1.29, 1.82) is 0 Å². The number of carbonyl (C=O) groups is 1. The van der Waals surface area contributed by atoms with Crippen LogP contribution >= 0.6 is 0 Å². The van der Waals surface area contributed by atoms with Crippen molar-refractivity contribution in [3.63, 3.8) is 0 Å². The van der Waals surface area contributed by atoms with Crippen LogP contribution < -0.4 is 5.32 Å². The molecular formula is C21H23F3N4O3. The number of hydrogen-bond donors (Lipinski definition) is 1. The van der Waals surface area contributed by atoms with Gasteiger partial charge in [0.2, 0.25) is 0 Å². The summed E-state index contributed by atoms with van der Waals surface area (Å²) in [6.07, 6.45) is -4.49. The van der Waals surface area contributed by atoms with Crippen LogP contribution in [0, 0.1) is 13.8 Å². The third-order valence-electron chi connectivity index (χ3n) is 4.35. The van der Waals surface area contributed by atoms with Crippen molar-refractivity contribution in [3.8, 4) is 0 Å². The van der Waals surface area contributed by atoms with Gasteiger partial charge in [-0.2, -0.15) is 13.2 Å². The topological polar surface area (TPSA) is 85.2 Å². The van der Waals surface area contributed by atoms with Crippen molar-refractivity contribution in [1.82, 2.24) is 10.3 Å². The van der Waals surface area contributed by atoms with Crippen LogP contribution in [0.3, 0.4) is 0 Å². The van der Waals surface area contributed by atoms with Crippen LogP contribution in [0.25, 0.3) is 0 Å². The highest BCUT2D eigenvalue weighted by atomic mass is 19.4. The Balaban J connectivity index is 2.32. The standard InChI is InChI=1S/C21H23F3N4O3/c1-12-7-6-8-16(19(28-30-5)20(29)25-4)17(12)11-31-27-14(3)18-10-15(21(22,23)24)9-13(2)26-18/h6-10H,11H2,1-5H3,(H,25,29)/b27-14+,28-19+. The first-order valence-corrected chi connectivity index (χ1v) is 9.23. The molecule has 0 fully saturated rings. The molecule has 1 heterocycles. The molecule has 0 aliphatic heterocycles. The van der Waals surface area contributed by atoms with E-state index in [1.165, 1.54) is 28.0 Å². The number of nitrogens with zero attached hydrogens (tertiary/aromatic N) is 3. The molecule has 0 radical (unpaired) electrons. The van der Waals surface area contributed by atoms with Crippen molar-refractivity contribution in [2.24, 2.45) is 10.3 Å². The average molecular weight is 436 g/mol. The maximum absolute atomic E-state index is 13.1. The number of alkyl halides is 3. The molecule has 0 bridgehead atoms. The Labute approximate surface area is 177 Å². The number of halogens is 3. The monoisotopic (exact) mass is 436 g/mol. The Morgan fingerprint density at radius 1 is 1.19 bits per heavy atom. The third-order valence-corrected chi connectivity index (χ3v) is 4.35. The molecule has 0 saturated heterocycles.